The van der Waals surface area contributed by atoms with E-state index in [1.54, 1.807) is 0 Å². The second-order valence-electron chi connectivity index (χ2n) is 7.91. The molecule has 30 heavy (non-hydrogen) atoms. The standard InChI is InChI=1S/C24H44O6/c1-4-7-10-13-16-22(25)28-19-21(30-24(27)18-15-12-9-6-3)20-29-23(26)17-14-11-8-5-2/h21H,4-20H2,1-3H3. The van der Waals surface area contributed by atoms with Crippen LogP contribution in [0, 0.1) is 0 Å². The molecule has 0 bridgehead atoms. The number of rotatable bonds is 20. The SMILES string of the molecule is CCCCCCC(=O)OCC(COC(=O)CCCCCC)OC(=O)CCCCCC. The number of ether oxygens (including phenoxy) is 3. The van der Waals surface area contributed by atoms with Gasteiger partial charge in [-0.15, -0.1) is 0 Å². The lowest BCUT2D eigenvalue weighted by molar-refractivity contribution is -0.167. The zero-order valence-electron chi connectivity index (χ0n) is 19.5. The molecule has 0 rings (SSSR count). The fourth-order valence-corrected chi connectivity index (χ4v) is 2.97. The van der Waals surface area contributed by atoms with Crippen LogP contribution in [0.3, 0.4) is 0 Å². The van der Waals surface area contributed by atoms with Crippen LogP contribution in [0.25, 0.3) is 0 Å². The van der Waals surface area contributed by atoms with Crippen molar-refractivity contribution < 1.29 is 28.6 Å². The highest BCUT2D eigenvalue weighted by Gasteiger charge is 2.19. The predicted octanol–water partition coefficient (Wildman–Crippen LogP) is 5.90. The van der Waals surface area contributed by atoms with E-state index >= 15 is 0 Å². The molecule has 0 unspecified atom stereocenters. The van der Waals surface area contributed by atoms with Gasteiger partial charge in [0.15, 0.2) is 6.10 Å². The van der Waals surface area contributed by atoms with Crippen molar-refractivity contribution in [2.75, 3.05) is 13.2 Å². The third-order valence-corrected chi connectivity index (χ3v) is 4.86. The molecule has 0 aromatic heterocycles. The second kappa shape index (κ2) is 20.7. The minimum atomic E-state index is -0.747. The molecule has 0 heterocycles. The van der Waals surface area contributed by atoms with Crippen molar-refractivity contribution >= 4 is 17.9 Å². The Kier molecular flexibility index (Phi) is 19.6. The normalized spacial score (nSPS) is 10.8. The van der Waals surface area contributed by atoms with Crippen molar-refractivity contribution in [3.8, 4) is 0 Å². The van der Waals surface area contributed by atoms with Crippen LogP contribution in [-0.2, 0) is 28.6 Å². The molecule has 0 fully saturated rings. The first kappa shape index (κ1) is 28.4. The summed E-state index contributed by atoms with van der Waals surface area (Å²) in [6.07, 6.45) is 12.2. The Bertz CT molecular complexity index is 421. The highest BCUT2D eigenvalue weighted by molar-refractivity contribution is 5.71. The number of carbonyl (C=O) groups excluding carboxylic acids is 3. The van der Waals surface area contributed by atoms with E-state index in [4.69, 9.17) is 14.2 Å². The van der Waals surface area contributed by atoms with Crippen LogP contribution in [-0.4, -0.2) is 37.2 Å². The molecule has 0 aliphatic rings. The number of unbranched alkanes of at least 4 members (excludes halogenated alkanes) is 9. The van der Waals surface area contributed by atoms with Crippen LogP contribution < -0.4 is 0 Å². The van der Waals surface area contributed by atoms with Gasteiger partial charge in [0.05, 0.1) is 0 Å². The molecular weight excluding hydrogens is 384 g/mol. The van der Waals surface area contributed by atoms with E-state index in [1.165, 1.54) is 0 Å². The summed E-state index contributed by atoms with van der Waals surface area (Å²) in [6.45, 7) is 6.20. The largest absolute Gasteiger partial charge is 0.462 e. The van der Waals surface area contributed by atoms with E-state index < -0.39 is 6.10 Å². The molecule has 6 nitrogen and oxygen atoms in total. The maximum atomic E-state index is 12.1. The molecule has 0 saturated heterocycles. The summed E-state index contributed by atoms with van der Waals surface area (Å²) in [5.41, 5.74) is 0. The minimum Gasteiger partial charge on any atom is -0.462 e. The lowest BCUT2D eigenvalue weighted by Gasteiger charge is -2.18. The lowest BCUT2D eigenvalue weighted by Crippen LogP contribution is -2.30. The van der Waals surface area contributed by atoms with Gasteiger partial charge < -0.3 is 14.2 Å². The first-order valence-corrected chi connectivity index (χ1v) is 12.0. The van der Waals surface area contributed by atoms with E-state index in [0.717, 1.165) is 77.0 Å². The first-order chi connectivity index (χ1) is 14.5. The van der Waals surface area contributed by atoms with Gasteiger partial charge in [0, 0.05) is 19.3 Å². The average molecular weight is 429 g/mol. The molecule has 176 valence electrons. The molecule has 6 heteroatoms. The Labute approximate surface area is 183 Å². The van der Waals surface area contributed by atoms with Gasteiger partial charge in [-0.05, 0) is 19.3 Å². The molecule has 0 amide bonds. The second-order valence-corrected chi connectivity index (χ2v) is 7.91. The Balaban J connectivity index is 4.37. The first-order valence-electron chi connectivity index (χ1n) is 12.0. The molecule has 0 aliphatic heterocycles. The zero-order valence-corrected chi connectivity index (χ0v) is 19.5. The summed E-state index contributed by atoms with van der Waals surface area (Å²) in [4.78, 5) is 35.9. The quantitative estimate of drug-likeness (QED) is 0.136. The Morgan fingerprint density at radius 2 is 0.900 bits per heavy atom. The maximum Gasteiger partial charge on any atom is 0.306 e. The van der Waals surface area contributed by atoms with Crippen molar-refractivity contribution in [2.24, 2.45) is 0 Å². The number of hydrogen-bond acceptors (Lipinski definition) is 6. The molecule has 0 spiro atoms. The Morgan fingerprint density at radius 3 is 1.27 bits per heavy atom. The predicted molar refractivity (Wildman–Crippen MR) is 118 cm³/mol. The Hall–Kier alpha value is -1.59. The van der Waals surface area contributed by atoms with Crippen molar-refractivity contribution in [3.63, 3.8) is 0 Å². The van der Waals surface area contributed by atoms with Crippen LogP contribution in [0.15, 0.2) is 0 Å². The minimum absolute atomic E-state index is 0.0730. The average Bonchev–Trinajstić information content (AvgIpc) is 2.73. The summed E-state index contributed by atoms with van der Waals surface area (Å²) < 4.78 is 16.0. The van der Waals surface area contributed by atoms with E-state index in [0.29, 0.717) is 19.3 Å². The third kappa shape index (κ3) is 18.4. The Morgan fingerprint density at radius 1 is 0.533 bits per heavy atom. The van der Waals surface area contributed by atoms with Crippen LogP contribution >= 0.6 is 0 Å². The van der Waals surface area contributed by atoms with Gasteiger partial charge >= 0.3 is 17.9 Å². The summed E-state index contributed by atoms with van der Waals surface area (Å²) in [7, 11) is 0. The van der Waals surface area contributed by atoms with E-state index in [1.807, 2.05) is 0 Å². The van der Waals surface area contributed by atoms with Crippen molar-refractivity contribution in [2.45, 2.75) is 123 Å². The van der Waals surface area contributed by atoms with Crippen LogP contribution in [0.1, 0.15) is 117 Å². The molecular formula is C24H44O6. The third-order valence-electron chi connectivity index (χ3n) is 4.86. The summed E-state index contributed by atoms with van der Waals surface area (Å²) in [6, 6.07) is 0. The molecule has 0 saturated carbocycles. The van der Waals surface area contributed by atoms with Gasteiger partial charge in [-0.3, -0.25) is 14.4 Å². The fraction of sp³-hybridized carbons (Fsp3) is 0.875. The monoisotopic (exact) mass is 428 g/mol. The van der Waals surface area contributed by atoms with Gasteiger partial charge in [0.2, 0.25) is 0 Å². The lowest BCUT2D eigenvalue weighted by atomic mass is 10.1. The highest BCUT2D eigenvalue weighted by atomic mass is 16.6. The van der Waals surface area contributed by atoms with Crippen molar-refractivity contribution in [1.29, 1.82) is 0 Å². The van der Waals surface area contributed by atoms with Crippen LogP contribution in [0.5, 0.6) is 0 Å². The summed E-state index contributed by atoms with van der Waals surface area (Å²) in [5.74, 6) is -0.948. The molecule has 0 atom stereocenters. The number of carbonyl (C=O) groups is 3. The fourth-order valence-electron chi connectivity index (χ4n) is 2.97. The summed E-state index contributed by atoms with van der Waals surface area (Å²) >= 11 is 0. The smallest absolute Gasteiger partial charge is 0.306 e. The number of hydrogen-bond donors (Lipinski definition) is 0. The van der Waals surface area contributed by atoms with Gasteiger partial charge in [-0.1, -0.05) is 78.6 Å². The number of esters is 3. The van der Waals surface area contributed by atoms with Gasteiger partial charge in [0.1, 0.15) is 13.2 Å². The van der Waals surface area contributed by atoms with Crippen molar-refractivity contribution in [3.05, 3.63) is 0 Å². The molecule has 0 aromatic carbocycles. The van der Waals surface area contributed by atoms with E-state index in [-0.39, 0.29) is 31.1 Å². The van der Waals surface area contributed by atoms with Gasteiger partial charge in [0.25, 0.3) is 0 Å². The molecule has 0 N–H and O–H groups in total. The van der Waals surface area contributed by atoms with Crippen LogP contribution in [0.4, 0.5) is 0 Å². The van der Waals surface area contributed by atoms with Gasteiger partial charge in [-0.2, -0.15) is 0 Å². The zero-order chi connectivity index (χ0) is 22.5. The maximum absolute atomic E-state index is 12.1. The van der Waals surface area contributed by atoms with Crippen molar-refractivity contribution in [1.82, 2.24) is 0 Å². The topological polar surface area (TPSA) is 78.9 Å². The van der Waals surface area contributed by atoms with Gasteiger partial charge in [-0.25, -0.2) is 0 Å². The molecule has 0 aliphatic carbocycles. The van der Waals surface area contributed by atoms with E-state index in [9.17, 15) is 14.4 Å². The molecule has 0 aromatic rings. The molecule has 0 radical (unpaired) electrons. The van der Waals surface area contributed by atoms with E-state index in [2.05, 4.69) is 20.8 Å². The summed E-state index contributed by atoms with van der Waals surface area (Å²) in [5, 5.41) is 0. The highest BCUT2D eigenvalue weighted by Crippen LogP contribution is 2.09. The van der Waals surface area contributed by atoms with Crippen LogP contribution in [0.2, 0.25) is 0 Å².